The van der Waals surface area contributed by atoms with Crippen molar-refractivity contribution < 1.29 is 0 Å². The summed E-state index contributed by atoms with van der Waals surface area (Å²) < 4.78 is 0. The van der Waals surface area contributed by atoms with Gasteiger partial charge in [0.15, 0.2) is 0 Å². The fourth-order valence-electron chi connectivity index (χ4n) is 2.18. The van der Waals surface area contributed by atoms with Crippen LogP contribution in [0.5, 0.6) is 0 Å². The lowest BCUT2D eigenvalue weighted by Gasteiger charge is -2.02. The highest BCUT2D eigenvalue weighted by atomic mass is 32.1. The molecular formula is C18H14S. The van der Waals surface area contributed by atoms with Gasteiger partial charge in [-0.3, -0.25) is 0 Å². The van der Waals surface area contributed by atoms with Crippen LogP contribution in [0, 0.1) is 0 Å². The van der Waals surface area contributed by atoms with Gasteiger partial charge in [0.25, 0.3) is 0 Å². The minimum absolute atomic E-state index is 1.31. The SMILES string of the molecule is c1ccc2c(c1)ccc1ccccc12.c1ccsc1. The topological polar surface area (TPSA) is 0 Å². The summed E-state index contributed by atoms with van der Waals surface area (Å²) in [6, 6.07) is 25.4. The van der Waals surface area contributed by atoms with Gasteiger partial charge < -0.3 is 0 Å². The molecule has 0 nitrogen and oxygen atoms in total. The highest BCUT2D eigenvalue weighted by molar-refractivity contribution is 7.07. The van der Waals surface area contributed by atoms with Gasteiger partial charge in [-0.05, 0) is 32.3 Å². The van der Waals surface area contributed by atoms with E-state index in [4.69, 9.17) is 0 Å². The van der Waals surface area contributed by atoms with Crippen LogP contribution in [0.1, 0.15) is 0 Å². The van der Waals surface area contributed by atoms with Crippen molar-refractivity contribution in [2.75, 3.05) is 0 Å². The van der Waals surface area contributed by atoms with E-state index in [2.05, 4.69) is 60.7 Å². The lowest BCUT2D eigenvalue weighted by Crippen LogP contribution is -1.75. The number of rotatable bonds is 0. The van der Waals surface area contributed by atoms with E-state index in [0.717, 1.165) is 0 Å². The summed E-state index contributed by atoms with van der Waals surface area (Å²) in [5.41, 5.74) is 0. The molecule has 0 unspecified atom stereocenters. The Morgan fingerprint density at radius 3 is 1.37 bits per heavy atom. The smallest absolute Gasteiger partial charge is 0.00934 e. The quantitative estimate of drug-likeness (QED) is 0.354. The molecule has 0 spiro atoms. The van der Waals surface area contributed by atoms with E-state index in [1.807, 2.05) is 22.9 Å². The first-order valence-electron chi connectivity index (χ1n) is 6.29. The Morgan fingerprint density at radius 2 is 0.947 bits per heavy atom. The summed E-state index contributed by atoms with van der Waals surface area (Å²) in [5, 5.41) is 9.38. The standard InChI is InChI=1S/C14H10.C4H4S/c1-3-7-13-11(5-1)9-10-12-6-2-4-8-14(12)13;1-2-4-5-3-1/h1-10H;1-4H. The molecule has 0 saturated carbocycles. The van der Waals surface area contributed by atoms with E-state index >= 15 is 0 Å². The van der Waals surface area contributed by atoms with Crippen LogP contribution >= 0.6 is 11.3 Å². The van der Waals surface area contributed by atoms with Gasteiger partial charge in [0, 0.05) is 0 Å². The molecule has 1 heteroatoms. The zero-order valence-electron chi connectivity index (χ0n) is 10.5. The second kappa shape index (κ2) is 5.68. The van der Waals surface area contributed by atoms with Crippen LogP contribution in [-0.2, 0) is 0 Å². The second-order valence-corrected chi connectivity index (χ2v) is 5.12. The Hall–Kier alpha value is -2.12. The fraction of sp³-hybridized carbons (Fsp3) is 0. The molecular weight excluding hydrogens is 248 g/mol. The van der Waals surface area contributed by atoms with Crippen LogP contribution < -0.4 is 0 Å². The van der Waals surface area contributed by atoms with Crippen molar-refractivity contribution in [1.29, 1.82) is 0 Å². The Kier molecular flexibility index (Phi) is 3.57. The molecule has 1 aromatic heterocycles. The molecule has 0 aliphatic carbocycles. The van der Waals surface area contributed by atoms with Gasteiger partial charge in [-0.2, -0.15) is 11.3 Å². The number of thiophene rings is 1. The Balaban J connectivity index is 0.000000187. The fourth-order valence-corrected chi connectivity index (χ4v) is 2.64. The van der Waals surface area contributed by atoms with Crippen LogP contribution in [-0.4, -0.2) is 0 Å². The minimum Gasteiger partial charge on any atom is -0.152 e. The van der Waals surface area contributed by atoms with Crippen molar-refractivity contribution in [3.05, 3.63) is 83.6 Å². The third-order valence-corrected chi connectivity index (χ3v) is 3.71. The molecule has 0 saturated heterocycles. The first kappa shape index (κ1) is 11.9. The molecule has 0 aliphatic heterocycles. The van der Waals surface area contributed by atoms with Gasteiger partial charge in [0.1, 0.15) is 0 Å². The highest BCUT2D eigenvalue weighted by Crippen LogP contribution is 2.24. The van der Waals surface area contributed by atoms with Crippen LogP contribution in [0.4, 0.5) is 0 Å². The summed E-state index contributed by atoms with van der Waals surface area (Å²) in [6.45, 7) is 0. The Morgan fingerprint density at radius 1 is 0.474 bits per heavy atom. The van der Waals surface area contributed by atoms with Crippen molar-refractivity contribution in [3.63, 3.8) is 0 Å². The van der Waals surface area contributed by atoms with Crippen molar-refractivity contribution >= 4 is 32.9 Å². The molecule has 0 amide bonds. The maximum atomic E-state index is 2.18. The first-order valence-corrected chi connectivity index (χ1v) is 7.23. The predicted molar refractivity (Wildman–Crippen MR) is 85.8 cm³/mol. The molecule has 19 heavy (non-hydrogen) atoms. The summed E-state index contributed by atoms with van der Waals surface area (Å²) in [5.74, 6) is 0. The van der Waals surface area contributed by atoms with E-state index in [9.17, 15) is 0 Å². The molecule has 3 aromatic carbocycles. The number of hydrogen-bond acceptors (Lipinski definition) is 1. The average molecular weight is 262 g/mol. The monoisotopic (exact) mass is 262 g/mol. The second-order valence-electron chi connectivity index (χ2n) is 4.30. The van der Waals surface area contributed by atoms with Crippen molar-refractivity contribution in [2.45, 2.75) is 0 Å². The molecule has 0 N–H and O–H groups in total. The van der Waals surface area contributed by atoms with Crippen molar-refractivity contribution in [2.24, 2.45) is 0 Å². The summed E-state index contributed by atoms with van der Waals surface area (Å²) in [4.78, 5) is 0. The number of benzene rings is 3. The van der Waals surface area contributed by atoms with Crippen LogP contribution in [0.25, 0.3) is 21.5 Å². The van der Waals surface area contributed by atoms with E-state index < -0.39 is 0 Å². The van der Waals surface area contributed by atoms with Crippen molar-refractivity contribution in [3.8, 4) is 0 Å². The van der Waals surface area contributed by atoms with E-state index in [1.54, 1.807) is 11.3 Å². The lowest BCUT2D eigenvalue weighted by molar-refractivity contribution is 1.76. The van der Waals surface area contributed by atoms with Gasteiger partial charge in [-0.25, -0.2) is 0 Å². The lowest BCUT2D eigenvalue weighted by atomic mass is 10.0. The van der Waals surface area contributed by atoms with Gasteiger partial charge in [-0.1, -0.05) is 72.8 Å². The van der Waals surface area contributed by atoms with Gasteiger partial charge in [0.05, 0.1) is 0 Å². The highest BCUT2D eigenvalue weighted by Gasteiger charge is 1.97. The van der Waals surface area contributed by atoms with Gasteiger partial charge in [-0.15, -0.1) is 0 Å². The molecule has 0 aliphatic rings. The van der Waals surface area contributed by atoms with Crippen LogP contribution in [0.2, 0.25) is 0 Å². The van der Waals surface area contributed by atoms with Gasteiger partial charge >= 0.3 is 0 Å². The molecule has 4 aromatic rings. The number of hydrogen-bond donors (Lipinski definition) is 0. The molecule has 0 fully saturated rings. The van der Waals surface area contributed by atoms with Crippen LogP contribution in [0.3, 0.4) is 0 Å². The largest absolute Gasteiger partial charge is 0.152 e. The van der Waals surface area contributed by atoms with Crippen LogP contribution in [0.15, 0.2) is 83.6 Å². The van der Waals surface area contributed by atoms with Gasteiger partial charge in [0.2, 0.25) is 0 Å². The first-order chi connectivity index (χ1) is 9.45. The summed E-state index contributed by atoms with van der Waals surface area (Å²) in [6.07, 6.45) is 0. The minimum atomic E-state index is 1.31. The Bertz CT molecular complexity index is 698. The summed E-state index contributed by atoms with van der Waals surface area (Å²) in [7, 11) is 0. The maximum absolute atomic E-state index is 2.18. The third-order valence-electron chi connectivity index (χ3n) is 3.08. The molecule has 0 bridgehead atoms. The maximum Gasteiger partial charge on any atom is -0.00934 e. The Labute approximate surface area is 116 Å². The number of fused-ring (bicyclic) bond motifs is 3. The molecule has 0 atom stereocenters. The van der Waals surface area contributed by atoms with Crippen molar-refractivity contribution in [1.82, 2.24) is 0 Å². The van der Waals surface area contributed by atoms with E-state index in [0.29, 0.717) is 0 Å². The predicted octanol–water partition coefficient (Wildman–Crippen LogP) is 5.74. The third kappa shape index (κ3) is 2.67. The summed E-state index contributed by atoms with van der Waals surface area (Å²) >= 11 is 1.71. The zero-order chi connectivity index (χ0) is 12.9. The average Bonchev–Trinajstić information content (AvgIpc) is 3.07. The molecule has 0 radical (unpaired) electrons. The molecule has 4 rings (SSSR count). The zero-order valence-corrected chi connectivity index (χ0v) is 11.3. The van der Waals surface area contributed by atoms with E-state index in [1.165, 1.54) is 21.5 Å². The molecule has 1 heterocycles. The normalized spacial score (nSPS) is 10.1. The van der Waals surface area contributed by atoms with E-state index in [-0.39, 0.29) is 0 Å². The molecule has 92 valence electrons.